The number of methoxy groups -OCH3 is 1. The van der Waals surface area contributed by atoms with Crippen molar-refractivity contribution in [2.24, 2.45) is 5.41 Å². The van der Waals surface area contributed by atoms with Gasteiger partial charge in [0, 0.05) is 25.2 Å². The highest BCUT2D eigenvalue weighted by atomic mass is 16.6. The Morgan fingerprint density at radius 3 is 2.52 bits per heavy atom. The van der Waals surface area contributed by atoms with E-state index in [0.29, 0.717) is 37.4 Å². The molecule has 0 saturated carbocycles. The molecule has 0 bridgehead atoms. The van der Waals surface area contributed by atoms with Crippen molar-refractivity contribution in [2.75, 3.05) is 25.1 Å². The maximum absolute atomic E-state index is 11.2. The van der Waals surface area contributed by atoms with Gasteiger partial charge in [0.1, 0.15) is 11.4 Å². The van der Waals surface area contributed by atoms with Crippen LogP contribution in [0.1, 0.15) is 19.8 Å². The largest absolute Gasteiger partial charge is 0.497 e. The first-order valence-corrected chi connectivity index (χ1v) is 6.68. The SMILES string of the molecule is COc1ccc([N+](=O)[O-])c(N2CCC(C)(C(=O)O)CC2)c1. The number of ether oxygens (including phenoxy) is 1. The molecule has 0 spiro atoms. The Kier molecular flexibility index (Phi) is 4.02. The highest BCUT2D eigenvalue weighted by molar-refractivity contribution is 5.75. The molecule has 1 N–H and O–H groups in total. The quantitative estimate of drug-likeness (QED) is 0.676. The third kappa shape index (κ3) is 2.91. The van der Waals surface area contributed by atoms with Gasteiger partial charge in [0.05, 0.1) is 17.4 Å². The zero-order valence-electron chi connectivity index (χ0n) is 12.0. The van der Waals surface area contributed by atoms with Crippen LogP contribution >= 0.6 is 0 Å². The van der Waals surface area contributed by atoms with E-state index in [-0.39, 0.29) is 5.69 Å². The third-order valence-electron chi connectivity index (χ3n) is 4.10. The van der Waals surface area contributed by atoms with Crippen LogP contribution in [0.2, 0.25) is 0 Å². The molecular formula is C14H18N2O5. The molecule has 1 heterocycles. The number of nitro groups is 1. The van der Waals surface area contributed by atoms with Gasteiger partial charge in [-0.15, -0.1) is 0 Å². The second-order valence-electron chi connectivity index (χ2n) is 5.46. The molecule has 0 amide bonds. The van der Waals surface area contributed by atoms with Crippen LogP contribution < -0.4 is 9.64 Å². The van der Waals surface area contributed by atoms with E-state index in [2.05, 4.69) is 0 Å². The summed E-state index contributed by atoms with van der Waals surface area (Å²) in [5.41, 5.74) is -0.272. The van der Waals surface area contributed by atoms with Crippen molar-refractivity contribution in [3.8, 4) is 5.75 Å². The van der Waals surface area contributed by atoms with Crippen molar-refractivity contribution < 1.29 is 19.6 Å². The van der Waals surface area contributed by atoms with E-state index in [1.165, 1.54) is 13.2 Å². The molecule has 1 saturated heterocycles. The minimum Gasteiger partial charge on any atom is -0.497 e. The lowest BCUT2D eigenvalue weighted by atomic mass is 9.80. The predicted octanol–water partition coefficient (Wildman–Crippen LogP) is 2.29. The predicted molar refractivity (Wildman–Crippen MR) is 76.8 cm³/mol. The second kappa shape index (κ2) is 5.59. The number of nitro benzene ring substituents is 1. The fourth-order valence-electron chi connectivity index (χ4n) is 2.49. The summed E-state index contributed by atoms with van der Waals surface area (Å²) < 4.78 is 5.12. The number of carboxylic acid groups (broad SMARTS) is 1. The smallest absolute Gasteiger partial charge is 0.309 e. The summed E-state index contributed by atoms with van der Waals surface area (Å²) in [6.45, 7) is 2.65. The molecule has 0 radical (unpaired) electrons. The number of hydrogen-bond donors (Lipinski definition) is 1. The van der Waals surface area contributed by atoms with Gasteiger partial charge in [-0.25, -0.2) is 0 Å². The second-order valence-corrected chi connectivity index (χ2v) is 5.46. The Labute approximate surface area is 122 Å². The van der Waals surface area contributed by atoms with Crippen molar-refractivity contribution >= 4 is 17.3 Å². The van der Waals surface area contributed by atoms with E-state index in [4.69, 9.17) is 4.74 Å². The highest BCUT2D eigenvalue weighted by Gasteiger charge is 2.38. The number of carbonyl (C=O) groups is 1. The van der Waals surface area contributed by atoms with E-state index >= 15 is 0 Å². The van der Waals surface area contributed by atoms with Crippen molar-refractivity contribution in [3.63, 3.8) is 0 Å². The molecule has 7 heteroatoms. The zero-order chi connectivity index (χ0) is 15.6. The number of rotatable bonds is 4. The molecule has 2 rings (SSSR count). The zero-order valence-corrected chi connectivity index (χ0v) is 12.0. The molecule has 1 aliphatic heterocycles. The molecule has 0 aliphatic carbocycles. The molecule has 0 atom stereocenters. The number of nitrogens with zero attached hydrogens (tertiary/aromatic N) is 2. The van der Waals surface area contributed by atoms with Gasteiger partial charge in [-0.05, 0) is 25.8 Å². The molecule has 114 valence electrons. The van der Waals surface area contributed by atoms with Crippen LogP contribution in [0.5, 0.6) is 5.75 Å². The fraction of sp³-hybridized carbons (Fsp3) is 0.500. The number of benzene rings is 1. The van der Waals surface area contributed by atoms with Crippen molar-refractivity contribution in [3.05, 3.63) is 28.3 Å². The van der Waals surface area contributed by atoms with Crippen LogP contribution in [0.25, 0.3) is 0 Å². The molecular weight excluding hydrogens is 276 g/mol. The minimum absolute atomic E-state index is 0.00901. The Bertz CT molecular complexity index is 564. The average Bonchev–Trinajstić information content (AvgIpc) is 2.47. The Balaban J connectivity index is 2.27. The molecule has 0 aromatic heterocycles. The van der Waals surface area contributed by atoms with Crippen LogP contribution in [0.4, 0.5) is 11.4 Å². The van der Waals surface area contributed by atoms with Crippen molar-refractivity contribution in [1.29, 1.82) is 0 Å². The lowest BCUT2D eigenvalue weighted by Crippen LogP contribution is -2.42. The topological polar surface area (TPSA) is 92.9 Å². The van der Waals surface area contributed by atoms with Gasteiger partial charge in [0.2, 0.25) is 0 Å². The fourth-order valence-corrected chi connectivity index (χ4v) is 2.49. The van der Waals surface area contributed by atoms with Crippen LogP contribution in [-0.2, 0) is 4.79 Å². The summed E-state index contributed by atoms with van der Waals surface area (Å²) in [5.74, 6) is -0.274. The summed E-state index contributed by atoms with van der Waals surface area (Å²) in [6.07, 6.45) is 0.910. The number of carboxylic acids is 1. The first kappa shape index (κ1) is 15.1. The monoisotopic (exact) mass is 294 g/mol. The maximum atomic E-state index is 11.2. The average molecular weight is 294 g/mol. The normalized spacial score (nSPS) is 17.3. The number of hydrogen-bond acceptors (Lipinski definition) is 5. The summed E-state index contributed by atoms with van der Waals surface area (Å²) in [6, 6.07) is 4.59. The van der Waals surface area contributed by atoms with Gasteiger partial charge in [0.15, 0.2) is 0 Å². The minimum atomic E-state index is -0.817. The van der Waals surface area contributed by atoms with E-state index in [9.17, 15) is 20.0 Å². The van der Waals surface area contributed by atoms with Crippen molar-refractivity contribution in [1.82, 2.24) is 0 Å². The van der Waals surface area contributed by atoms with E-state index in [0.717, 1.165) is 0 Å². The highest BCUT2D eigenvalue weighted by Crippen LogP contribution is 2.38. The molecule has 1 aliphatic rings. The Morgan fingerprint density at radius 2 is 2.05 bits per heavy atom. The summed E-state index contributed by atoms with van der Waals surface area (Å²) >= 11 is 0. The van der Waals surface area contributed by atoms with Gasteiger partial charge in [-0.3, -0.25) is 14.9 Å². The number of aliphatic carboxylic acids is 1. The van der Waals surface area contributed by atoms with Gasteiger partial charge >= 0.3 is 5.97 Å². The molecule has 0 unspecified atom stereocenters. The Hall–Kier alpha value is -2.31. The van der Waals surface area contributed by atoms with Gasteiger partial charge in [0.25, 0.3) is 5.69 Å². The summed E-state index contributed by atoms with van der Waals surface area (Å²) in [5, 5.41) is 20.4. The van der Waals surface area contributed by atoms with E-state index in [1.54, 1.807) is 19.1 Å². The number of anilines is 1. The van der Waals surface area contributed by atoms with Crippen LogP contribution in [0.3, 0.4) is 0 Å². The molecule has 1 aromatic carbocycles. The lowest BCUT2D eigenvalue weighted by molar-refractivity contribution is -0.384. The third-order valence-corrected chi connectivity index (χ3v) is 4.10. The molecule has 1 fully saturated rings. The molecule has 7 nitrogen and oxygen atoms in total. The lowest BCUT2D eigenvalue weighted by Gasteiger charge is -2.37. The first-order valence-electron chi connectivity index (χ1n) is 6.68. The van der Waals surface area contributed by atoms with Crippen LogP contribution in [0.15, 0.2) is 18.2 Å². The van der Waals surface area contributed by atoms with E-state index in [1.807, 2.05) is 4.90 Å². The first-order chi connectivity index (χ1) is 9.87. The van der Waals surface area contributed by atoms with Gasteiger partial charge in [-0.1, -0.05) is 0 Å². The van der Waals surface area contributed by atoms with Gasteiger partial charge < -0.3 is 14.7 Å². The van der Waals surface area contributed by atoms with E-state index < -0.39 is 16.3 Å². The Morgan fingerprint density at radius 1 is 1.43 bits per heavy atom. The van der Waals surface area contributed by atoms with Crippen molar-refractivity contribution in [2.45, 2.75) is 19.8 Å². The molecule has 21 heavy (non-hydrogen) atoms. The van der Waals surface area contributed by atoms with Gasteiger partial charge in [-0.2, -0.15) is 0 Å². The number of piperidine rings is 1. The standard InChI is InChI=1S/C14H18N2O5/c1-14(13(17)18)5-7-15(8-6-14)12-9-10(21-2)3-4-11(12)16(19)20/h3-4,9H,5-8H2,1-2H3,(H,17,18). The maximum Gasteiger partial charge on any atom is 0.309 e. The summed E-state index contributed by atoms with van der Waals surface area (Å²) in [7, 11) is 1.50. The summed E-state index contributed by atoms with van der Waals surface area (Å²) in [4.78, 5) is 23.8. The van der Waals surface area contributed by atoms with Crippen LogP contribution in [-0.4, -0.2) is 36.2 Å². The molecule has 1 aromatic rings. The van der Waals surface area contributed by atoms with Crippen LogP contribution in [0, 0.1) is 15.5 Å².